The topological polar surface area (TPSA) is 15.3 Å². The lowest BCUT2D eigenvalue weighted by Crippen LogP contribution is -2.48. The van der Waals surface area contributed by atoms with Gasteiger partial charge < -0.3 is 10.2 Å². The Morgan fingerprint density at radius 2 is 2.00 bits per heavy atom. The van der Waals surface area contributed by atoms with Gasteiger partial charge in [-0.25, -0.2) is 0 Å². The summed E-state index contributed by atoms with van der Waals surface area (Å²) < 4.78 is 0. The molecule has 1 aliphatic heterocycles. The molecule has 1 aliphatic rings. The first-order chi connectivity index (χ1) is 7.42. The van der Waals surface area contributed by atoms with Gasteiger partial charge in [0.05, 0.1) is 0 Å². The molecule has 2 heteroatoms. The summed E-state index contributed by atoms with van der Waals surface area (Å²) in [6.07, 6.45) is 2.59. The Hall–Kier alpha value is -0.0800. The number of hydrogen-bond acceptors (Lipinski definition) is 2. The minimum Gasteiger partial charge on any atom is -0.314 e. The van der Waals surface area contributed by atoms with Crippen molar-refractivity contribution in [1.82, 2.24) is 10.2 Å². The molecular weight excluding hydrogens is 196 g/mol. The largest absolute Gasteiger partial charge is 0.314 e. The van der Waals surface area contributed by atoms with Crippen LogP contribution in [0.5, 0.6) is 0 Å². The first kappa shape index (κ1) is 14.0. The summed E-state index contributed by atoms with van der Waals surface area (Å²) in [7, 11) is 0. The molecule has 2 unspecified atom stereocenters. The molecule has 0 saturated carbocycles. The van der Waals surface area contributed by atoms with Crippen LogP contribution in [-0.4, -0.2) is 37.1 Å². The van der Waals surface area contributed by atoms with E-state index in [9.17, 15) is 0 Å². The molecule has 1 rings (SSSR count). The van der Waals surface area contributed by atoms with E-state index in [0.717, 1.165) is 12.0 Å². The first-order valence-corrected chi connectivity index (χ1v) is 6.88. The molecule has 0 radical (unpaired) electrons. The number of likely N-dealkylation sites (tertiary alicyclic amines) is 1. The molecule has 0 aromatic heterocycles. The lowest BCUT2D eigenvalue weighted by Gasteiger charge is -2.37. The summed E-state index contributed by atoms with van der Waals surface area (Å²) in [5.41, 5.74) is 0.459. The van der Waals surface area contributed by atoms with Crippen molar-refractivity contribution in [1.29, 1.82) is 0 Å². The number of nitrogens with one attached hydrogen (secondary N) is 1. The summed E-state index contributed by atoms with van der Waals surface area (Å²) in [4.78, 5) is 2.56. The molecule has 0 aromatic carbocycles. The van der Waals surface area contributed by atoms with Crippen molar-refractivity contribution in [3.05, 3.63) is 0 Å². The SMILES string of the molecule is CCN1CCC(NCCC(C)(C)C)C(C)C1. The van der Waals surface area contributed by atoms with E-state index in [1.54, 1.807) is 0 Å². The van der Waals surface area contributed by atoms with Gasteiger partial charge in [0.15, 0.2) is 0 Å². The lowest BCUT2D eigenvalue weighted by molar-refractivity contribution is 0.151. The van der Waals surface area contributed by atoms with Gasteiger partial charge in [0.25, 0.3) is 0 Å². The molecule has 1 N–H and O–H groups in total. The summed E-state index contributed by atoms with van der Waals surface area (Å²) in [6.45, 7) is 16.5. The Morgan fingerprint density at radius 3 is 2.50 bits per heavy atom. The predicted octanol–water partition coefficient (Wildman–Crippen LogP) is 2.74. The van der Waals surface area contributed by atoms with Crippen molar-refractivity contribution >= 4 is 0 Å². The Balaban J connectivity index is 2.23. The van der Waals surface area contributed by atoms with Crippen LogP contribution in [0.4, 0.5) is 0 Å². The molecule has 0 bridgehead atoms. The maximum absolute atomic E-state index is 3.75. The normalized spacial score (nSPS) is 28.3. The van der Waals surface area contributed by atoms with Gasteiger partial charge in [-0.2, -0.15) is 0 Å². The summed E-state index contributed by atoms with van der Waals surface area (Å²) in [5, 5.41) is 3.75. The molecule has 1 heterocycles. The van der Waals surface area contributed by atoms with Crippen LogP contribution in [0.3, 0.4) is 0 Å². The van der Waals surface area contributed by atoms with Crippen LogP contribution in [0.15, 0.2) is 0 Å². The number of rotatable bonds is 4. The van der Waals surface area contributed by atoms with Crippen LogP contribution in [-0.2, 0) is 0 Å². The van der Waals surface area contributed by atoms with Crippen LogP contribution >= 0.6 is 0 Å². The average molecular weight is 226 g/mol. The second-order valence-electron chi connectivity index (χ2n) is 6.53. The number of hydrogen-bond donors (Lipinski definition) is 1. The monoisotopic (exact) mass is 226 g/mol. The first-order valence-electron chi connectivity index (χ1n) is 6.88. The fraction of sp³-hybridized carbons (Fsp3) is 1.00. The molecule has 1 fully saturated rings. The maximum atomic E-state index is 3.75. The minimum atomic E-state index is 0.459. The van der Waals surface area contributed by atoms with Crippen molar-refractivity contribution < 1.29 is 0 Å². The third-order valence-electron chi connectivity index (χ3n) is 3.72. The van der Waals surface area contributed by atoms with Gasteiger partial charge in [-0.15, -0.1) is 0 Å². The number of nitrogens with zero attached hydrogens (tertiary/aromatic N) is 1. The van der Waals surface area contributed by atoms with E-state index >= 15 is 0 Å². The highest BCUT2D eigenvalue weighted by atomic mass is 15.1. The van der Waals surface area contributed by atoms with Gasteiger partial charge in [0.2, 0.25) is 0 Å². The van der Waals surface area contributed by atoms with Crippen LogP contribution in [0.2, 0.25) is 0 Å². The van der Waals surface area contributed by atoms with Gasteiger partial charge in [-0.1, -0.05) is 34.6 Å². The third kappa shape index (κ3) is 4.84. The van der Waals surface area contributed by atoms with Crippen molar-refractivity contribution in [3.8, 4) is 0 Å². The Kier molecular flexibility index (Phi) is 5.26. The smallest absolute Gasteiger partial charge is 0.0117 e. The van der Waals surface area contributed by atoms with Crippen LogP contribution in [0.1, 0.15) is 47.5 Å². The van der Waals surface area contributed by atoms with Crippen molar-refractivity contribution in [2.24, 2.45) is 11.3 Å². The molecule has 96 valence electrons. The highest BCUT2D eigenvalue weighted by molar-refractivity contribution is 4.82. The molecule has 0 aliphatic carbocycles. The Labute approximate surface area is 102 Å². The maximum Gasteiger partial charge on any atom is 0.0117 e. The molecule has 0 aromatic rings. The molecule has 2 nitrogen and oxygen atoms in total. The number of piperidine rings is 1. The summed E-state index contributed by atoms with van der Waals surface area (Å²) >= 11 is 0. The van der Waals surface area contributed by atoms with Gasteiger partial charge >= 0.3 is 0 Å². The predicted molar refractivity (Wildman–Crippen MR) is 71.8 cm³/mol. The van der Waals surface area contributed by atoms with Gasteiger partial charge in [-0.05, 0) is 43.8 Å². The van der Waals surface area contributed by atoms with Crippen molar-refractivity contribution in [3.63, 3.8) is 0 Å². The van der Waals surface area contributed by atoms with Gasteiger partial charge in [0, 0.05) is 12.6 Å². The fourth-order valence-electron chi connectivity index (χ4n) is 2.45. The summed E-state index contributed by atoms with van der Waals surface area (Å²) in [6, 6.07) is 0.741. The fourth-order valence-corrected chi connectivity index (χ4v) is 2.45. The van der Waals surface area contributed by atoms with E-state index in [1.165, 1.54) is 39.0 Å². The second kappa shape index (κ2) is 6.02. The van der Waals surface area contributed by atoms with E-state index in [4.69, 9.17) is 0 Å². The second-order valence-corrected chi connectivity index (χ2v) is 6.53. The molecular formula is C14H30N2. The highest BCUT2D eigenvalue weighted by Crippen LogP contribution is 2.19. The van der Waals surface area contributed by atoms with Crippen LogP contribution in [0, 0.1) is 11.3 Å². The Morgan fingerprint density at radius 1 is 1.31 bits per heavy atom. The molecule has 0 spiro atoms. The zero-order chi connectivity index (χ0) is 12.2. The highest BCUT2D eigenvalue weighted by Gasteiger charge is 2.24. The molecule has 0 amide bonds. The minimum absolute atomic E-state index is 0.459. The zero-order valence-electron chi connectivity index (χ0n) is 11.8. The lowest BCUT2D eigenvalue weighted by atomic mass is 9.90. The third-order valence-corrected chi connectivity index (χ3v) is 3.72. The van der Waals surface area contributed by atoms with E-state index in [0.29, 0.717) is 5.41 Å². The zero-order valence-corrected chi connectivity index (χ0v) is 11.8. The molecule has 2 atom stereocenters. The molecule has 16 heavy (non-hydrogen) atoms. The van der Waals surface area contributed by atoms with E-state index < -0.39 is 0 Å². The summed E-state index contributed by atoms with van der Waals surface area (Å²) in [5.74, 6) is 0.800. The standard InChI is InChI=1S/C14H30N2/c1-6-16-10-7-13(12(2)11-16)15-9-8-14(3,4)5/h12-13,15H,6-11H2,1-5H3. The van der Waals surface area contributed by atoms with Crippen LogP contribution < -0.4 is 5.32 Å². The average Bonchev–Trinajstić information content (AvgIpc) is 2.18. The molecule has 1 saturated heterocycles. The quantitative estimate of drug-likeness (QED) is 0.793. The van der Waals surface area contributed by atoms with Crippen LogP contribution in [0.25, 0.3) is 0 Å². The van der Waals surface area contributed by atoms with Gasteiger partial charge in [-0.3, -0.25) is 0 Å². The van der Waals surface area contributed by atoms with E-state index in [1.807, 2.05) is 0 Å². The van der Waals surface area contributed by atoms with Crippen molar-refractivity contribution in [2.45, 2.75) is 53.5 Å². The Bertz CT molecular complexity index is 195. The van der Waals surface area contributed by atoms with Crippen molar-refractivity contribution in [2.75, 3.05) is 26.2 Å². The van der Waals surface area contributed by atoms with E-state index in [-0.39, 0.29) is 0 Å². The van der Waals surface area contributed by atoms with Gasteiger partial charge in [0.1, 0.15) is 0 Å². The van der Waals surface area contributed by atoms with E-state index in [2.05, 4.69) is 44.8 Å².